The Morgan fingerprint density at radius 1 is 0.758 bits per heavy atom. The monoisotopic (exact) mass is 455 g/mol. The quantitative estimate of drug-likeness (QED) is 0.520. The Kier molecular flexibility index (Phi) is 4.49. The van der Waals surface area contributed by atoms with Gasteiger partial charge in [-0.1, -0.05) is 60.1 Å². The SMILES string of the molecule is O=C1C2=C[C@H](c3ccc(Cl)cc3)[C@H]3C(=O)N(c4ccccc4)C(=O)[C@H]3[C@H]2Oc2ccccc21. The molecule has 0 spiro atoms. The Morgan fingerprint density at radius 3 is 2.18 bits per heavy atom. The predicted octanol–water partition coefficient (Wildman–Crippen LogP) is 4.81. The van der Waals surface area contributed by atoms with Gasteiger partial charge in [-0.15, -0.1) is 0 Å². The van der Waals surface area contributed by atoms with Gasteiger partial charge >= 0.3 is 0 Å². The van der Waals surface area contributed by atoms with Crippen LogP contribution in [0.4, 0.5) is 5.69 Å². The molecule has 4 atom stereocenters. The summed E-state index contributed by atoms with van der Waals surface area (Å²) in [5.74, 6) is -2.33. The van der Waals surface area contributed by atoms with Crippen LogP contribution in [0.2, 0.25) is 5.02 Å². The van der Waals surface area contributed by atoms with E-state index in [1.54, 1.807) is 60.7 Å². The molecule has 1 fully saturated rings. The molecule has 3 aromatic carbocycles. The maximum absolute atomic E-state index is 13.7. The van der Waals surface area contributed by atoms with Crippen LogP contribution < -0.4 is 9.64 Å². The lowest BCUT2D eigenvalue weighted by molar-refractivity contribution is -0.123. The number of carbonyl (C=O) groups excluding carboxylic acids is 3. The van der Waals surface area contributed by atoms with Crippen LogP contribution in [0.15, 0.2) is 90.5 Å². The first-order valence-electron chi connectivity index (χ1n) is 10.7. The Morgan fingerprint density at radius 2 is 1.42 bits per heavy atom. The van der Waals surface area contributed by atoms with E-state index in [0.717, 1.165) is 5.56 Å². The van der Waals surface area contributed by atoms with Gasteiger partial charge in [0.2, 0.25) is 11.8 Å². The number of hydrogen-bond acceptors (Lipinski definition) is 4. The fraction of sp³-hybridized carbons (Fsp3) is 0.148. The summed E-state index contributed by atoms with van der Waals surface area (Å²) >= 11 is 6.09. The maximum Gasteiger partial charge on any atom is 0.241 e. The lowest BCUT2D eigenvalue weighted by Gasteiger charge is -2.38. The number of fused-ring (bicyclic) bond motifs is 4. The second-order valence-electron chi connectivity index (χ2n) is 8.46. The Bertz CT molecular complexity index is 1330. The summed E-state index contributed by atoms with van der Waals surface area (Å²) in [5, 5.41) is 0.572. The smallest absolute Gasteiger partial charge is 0.241 e. The fourth-order valence-corrected chi connectivity index (χ4v) is 5.33. The number of allylic oxidation sites excluding steroid dienone is 1. The van der Waals surface area contributed by atoms with Crippen LogP contribution in [-0.2, 0) is 9.59 Å². The summed E-state index contributed by atoms with van der Waals surface area (Å²) in [5.41, 5.74) is 2.22. The molecule has 0 N–H and O–H groups in total. The van der Waals surface area contributed by atoms with Crippen molar-refractivity contribution < 1.29 is 19.1 Å². The zero-order valence-electron chi connectivity index (χ0n) is 17.4. The molecule has 3 aliphatic rings. The molecule has 2 heterocycles. The molecule has 2 amide bonds. The third kappa shape index (κ3) is 2.96. The van der Waals surface area contributed by atoms with Gasteiger partial charge in [0.25, 0.3) is 0 Å². The number of rotatable bonds is 2. The van der Waals surface area contributed by atoms with Gasteiger partial charge < -0.3 is 4.74 Å². The number of imide groups is 1. The van der Waals surface area contributed by atoms with Gasteiger partial charge in [-0.05, 0) is 42.0 Å². The first kappa shape index (κ1) is 19.9. The Hall–Kier alpha value is -3.70. The number of benzene rings is 3. The standard InChI is InChI=1S/C27H18ClNO4/c28-16-12-10-15(11-13-16)19-14-20-24(30)18-8-4-5-9-21(18)33-25(20)23-22(19)26(31)29(27(23)32)17-6-2-1-3-7-17/h1-14,19,22-23,25H/t19-,22-,23-,25+/m1/s1. The minimum absolute atomic E-state index is 0.169. The van der Waals surface area contributed by atoms with Crippen LogP contribution in [0.3, 0.4) is 0 Å². The molecule has 5 nitrogen and oxygen atoms in total. The van der Waals surface area contributed by atoms with E-state index in [1.807, 2.05) is 24.3 Å². The predicted molar refractivity (Wildman–Crippen MR) is 123 cm³/mol. The highest BCUT2D eigenvalue weighted by Crippen LogP contribution is 2.50. The topological polar surface area (TPSA) is 63.7 Å². The van der Waals surface area contributed by atoms with E-state index in [0.29, 0.717) is 27.6 Å². The average molecular weight is 456 g/mol. The number of hydrogen-bond donors (Lipinski definition) is 0. The van der Waals surface area contributed by atoms with E-state index < -0.39 is 23.9 Å². The maximum atomic E-state index is 13.7. The molecule has 6 heteroatoms. The molecular formula is C27H18ClNO4. The molecule has 6 rings (SSSR count). The van der Waals surface area contributed by atoms with Gasteiger partial charge in [0.15, 0.2) is 5.78 Å². The van der Waals surface area contributed by atoms with E-state index in [2.05, 4.69) is 0 Å². The summed E-state index contributed by atoms with van der Waals surface area (Å²) in [7, 11) is 0. The van der Waals surface area contributed by atoms with Gasteiger partial charge in [0.05, 0.1) is 23.1 Å². The van der Waals surface area contributed by atoms with Crippen molar-refractivity contribution in [1.29, 1.82) is 0 Å². The van der Waals surface area contributed by atoms with Gasteiger partial charge in [-0.25, -0.2) is 4.90 Å². The molecule has 0 radical (unpaired) electrons. The Labute approximate surface area is 195 Å². The van der Waals surface area contributed by atoms with Crippen molar-refractivity contribution in [2.45, 2.75) is 12.0 Å². The fourth-order valence-electron chi connectivity index (χ4n) is 5.21. The second-order valence-corrected chi connectivity index (χ2v) is 8.90. The lowest BCUT2D eigenvalue weighted by atomic mass is 9.68. The van der Waals surface area contributed by atoms with Crippen molar-refractivity contribution in [3.63, 3.8) is 0 Å². The largest absolute Gasteiger partial charge is 0.484 e. The zero-order chi connectivity index (χ0) is 22.7. The molecular weight excluding hydrogens is 438 g/mol. The third-order valence-corrected chi connectivity index (χ3v) is 6.95. The van der Waals surface area contributed by atoms with Crippen LogP contribution >= 0.6 is 11.6 Å². The average Bonchev–Trinajstić information content (AvgIpc) is 3.11. The van der Waals surface area contributed by atoms with Crippen LogP contribution in [0.1, 0.15) is 21.8 Å². The molecule has 33 heavy (non-hydrogen) atoms. The van der Waals surface area contributed by atoms with Gasteiger partial charge in [0.1, 0.15) is 11.9 Å². The summed E-state index contributed by atoms with van der Waals surface area (Å²) in [6, 6.07) is 23.1. The van der Waals surface area contributed by atoms with E-state index in [9.17, 15) is 14.4 Å². The Balaban J connectivity index is 1.53. The number of ether oxygens (including phenoxy) is 1. The van der Waals surface area contributed by atoms with Gasteiger partial charge in [-0.3, -0.25) is 14.4 Å². The first-order chi connectivity index (χ1) is 16.0. The first-order valence-corrected chi connectivity index (χ1v) is 11.1. The van der Waals surface area contributed by atoms with Gasteiger partial charge in [-0.2, -0.15) is 0 Å². The van der Waals surface area contributed by atoms with Crippen molar-refractivity contribution in [2.75, 3.05) is 4.90 Å². The van der Waals surface area contributed by atoms with Crippen molar-refractivity contribution in [1.82, 2.24) is 0 Å². The molecule has 1 aliphatic carbocycles. The van der Waals surface area contributed by atoms with Gasteiger partial charge in [0, 0.05) is 16.5 Å². The van der Waals surface area contributed by atoms with Crippen LogP contribution in [0.5, 0.6) is 5.75 Å². The lowest BCUT2D eigenvalue weighted by Crippen LogP contribution is -2.46. The summed E-state index contributed by atoms with van der Waals surface area (Å²) in [4.78, 5) is 42.1. The number of Topliss-reactive ketones (excluding diaryl/α,β-unsaturated/α-hetero) is 1. The molecule has 0 unspecified atom stereocenters. The highest BCUT2D eigenvalue weighted by atomic mass is 35.5. The molecule has 2 aliphatic heterocycles. The zero-order valence-corrected chi connectivity index (χ0v) is 18.1. The summed E-state index contributed by atoms with van der Waals surface area (Å²) < 4.78 is 6.22. The molecule has 3 aromatic rings. The number of para-hydroxylation sites is 2. The third-order valence-electron chi connectivity index (χ3n) is 6.69. The summed E-state index contributed by atoms with van der Waals surface area (Å²) in [6.07, 6.45) is 0.999. The number of halogens is 1. The second kappa shape index (κ2) is 7.42. The highest BCUT2D eigenvalue weighted by Gasteiger charge is 2.59. The van der Waals surface area contributed by atoms with Crippen LogP contribution in [-0.4, -0.2) is 23.7 Å². The molecule has 0 bridgehead atoms. The molecule has 162 valence electrons. The summed E-state index contributed by atoms with van der Waals surface area (Å²) in [6.45, 7) is 0. The van der Waals surface area contributed by atoms with E-state index >= 15 is 0 Å². The molecule has 1 saturated heterocycles. The number of amides is 2. The van der Waals surface area contributed by atoms with Crippen LogP contribution in [0, 0.1) is 11.8 Å². The van der Waals surface area contributed by atoms with E-state index in [-0.39, 0.29) is 17.6 Å². The van der Waals surface area contributed by atoms with Crippen molar-refractivity contribution >= 4 is 34.9 Å². The number of carbonyl (C=O) groups is 3. The van der Waals surface area contributed by atoms with Crippen molar-refractivity contribution in [3.05, 3.63) is 107 Å². The molecule has 0 saturated carbocycles. The number of ketones is 1. The van der Waals surface area contributed by atoms with E-state index in [1.165, 1.54) is 4.90 Å². The minimum Gasteiger partial charge on any atom is -0.484 e. The van der Waals surface area contributed by atoms with Crippen molar-refractivity contribution in [2.24, 2.45) is 11.8 Å². The number of nitrogens with zero attached hydrogens (tertiary/aromatic N) is 1. The highest BCUT2D eigenvalue weighted by molar-refractivity contribution is 6.30. The minimum atomic E-state index is -0.814. The van der Waals surface area contributed by atoms with Crippen molar-refractivity contribution in [3.8, 4) is 5.75 Å². The number of anilines is 1. The normalized spacial score (nSPS) is 25.7. The van der Waals surface area contributed by atoms with Crippen LogP contribution in [0.25, 0.3) is 0 Å². The molecule has 0 aromatic heterocycles. The van der Waals surface area contributed by atoms with E-state index in [4.69, 9.17) is 16.3 Å².